The first-order valence-corrected chi connectivity index (χ1v) is 10.8. The van der Waals surface area contributed by atoms with Crippen molar-refractivity contribution in [3.63, 3.8) is 0 Å². The highest BCUT2D eigenvalue weighted by Gasteiger charge is 2.24. The minimum absolute atomic E-state index is 0.347. The van der Waals surface area contributed by atoms with Crippen molar-refractivity contribution >= 4 is 39.9 Å². The van der Waals surface area contributed by atoms with Gasteiger partial charge in [-0.3, -0.25) is 0 Å². The summed E-state index contributed by atoms with van der Waals surface area (Å²) in [6, 6.07) is 16.7. The molecule has 1 aliphatic rings. The van der Waals surface area contributed by atoms with Crippen LogP contribution in [0.15, 0.2) is 63.8 Å². The maximum absolute atomic E-state index is 12.4. The molecule has 7 heteroatoms. The summed E-state index contributed by atoms with van der Waals surface area (Å²) in [4.78, 5) is 14.4. The maximum atomic E-state index is 12.4. The average Bonchev–Trinajstić information content (AvgIpc) is 2.81. The number of ether oxygens (including phenoxy) is 2. The Morgan fingerprint density at radius 1 is 1.00 bits per heavy atom. The monoisotopic (exact) mass is 467 g/mol. The van der Waals surface area contributed by atoms with Gasteiger partial charge in [0.05, 0.1) is 17.2 Å². The Bertz CT molecular complexity index is 1400. The molecule has 0 N–H and O–H groups in total. The lowest BCUT2D eigenvalue weighted by molar-refractivity contribution is 0.287. The molecule has 162 valence electrons. The van der Waals surface area contributed by atoms with Gasteiger partial charge in [-0.15, -0.1) is 0 Å². The first kappa shape index (κ1) is 20.7. The van der Waals surface area contributed by atoms with E-state index in [1.54, 1.807) is 13.2 Å². The fraction of sp³-hybridized carbons (Fsp3) is 0.160. The number of hydrogen-bond acceptors (Lipinski definition) is 5. The van der Waals surface area contributed by atoms with Crippen LogP contribution < -0.4 is 20.0 Å². The number of anilines is 1. The molecule has 0 aliphatic carbocycles. The molecule has 0 saturated carbocycles. The Balaban J connectivity index is 1.63. The van der Waals surface area contributed by atoms with Gasteiger partial charge in [0.25, 0.3) is 0 Å². The van der Waals surface area contributed by atoms with Crippen LogP contribution in [0.3, 0.4) is 0 Å². The molecule has 0 fully saturated rings. The van der Waals surface area contributed by atoms with E-state index >= 15 is 0 Å². The van der Waals surface area contributed by atoms with Crippen LogP contribution in [0.5, 0.6) is 11.5 Å². The second kappa shape index (κ2) is 8.08. The number of benzene rings is 3. The van der Waals surface area contributed by atoms with E-state index in [0.29, 0.717) is 28.9 Å². The van der Waals surface area contributed by atoms with Crippen molar-refractivity contribution in [1.29, 1.82) is 0 Å². The van der Waals surface area contributed by atoms with Gasteiger partial charge in [0, 0.05) is 34.8 Å². The zero-order valence-corrected chi connectivity index (χ0v) is 19.0. The predicted octanol–water partition coefficient (Wildman–Crippen LogP) is 6.44. The highest BCUT2D eigenvalue weighted by Crippen LogP contribution is 2.39. The van der Waals surface area contributed by atoms with Gasteiger partial charge in [-0.2, -0.15) is 0 Å². The molecule has 0 spiro atoms. The zero-order valence-electron chi connectivity index (χ0n) is 17.4. The van der Waals surface area contributed by atoms with Gasteiger partial charge in [-0.25, -0.2) is 4.79 Å². The summed E-state index contributed by atoms with van der Waals surface area (Å²) in [5, 5.41) is 1.86. The van der Waals surface area contributed by atoms with E-state index < -0.39 is 5.63 Å². The lowest BCUT2D eigenvalue weighted by Crippen LogP contribution is -2.32. The third kappa shape index (κ3) is 3.57. The Morgan fingerprint density at radius 3 is 2.50 bits per heavy atom. The summed E-state index contributed by atoms with van der Waals surface area (Å²) in [5.41, 5.74) is 4.55. The maximum Gasteiger partial charge on any atom is 0.336 e. The van der Waals surface area contributed by atoms with Crippen LogP contribution in [0.25, 0.3) is 22.1 Å². The Kier molecular flexibility index (Phi) is 5.24. The summed E-state index contributed by atoms with van der Waals surface area (Å²) in [6.07, 6.45) is 0. The molecule has 32 heavy (non-hydrogen) atoms. The number of nitrogens with zero attached hydrogens (tertiary/aromatic N) is 1. The van der Waals surface area contributed by atoms with E-state index in [4.69, 9.17) is 37.1 Å². The van der Waals surface area contributed by atoms with Crippen LogP contribution >= 0.6 is 23.2 Å². The lowest BCUT2D eigenvalue weighted by Gasteiger charge is -2.32. The molecule has 1 aliphatic heterocycles. The minimum atomic E-state index is -0.403. The first-order chi connectivity index (χ1) is 15.4. The van der Waals surface area contributed by atoms with Gasteiger partial charge < -0.3 is 18.8 Å². The van der Waals surface area contributed by atoms with Crippen LogP contribution in [0, 0.1) is 6.92 Å². The summed E-state index contributed by atoms with van der Waals surface area (Å²) >= 11 is 12.3. The van der Waals surface area contributed by atoms with Crippen LogP contribution in [-0.4, -0.2) is 13.8 Å². The molecule has 4 aromatic rings. The van der Waals surface area contributed by atoms with E-state index in [1.807, 2.05) is 49.4 Å². The molecule has 0 atom stereocenters. The van der Waals surface area contributed by atoms with Crippen molar-refractivity contribution in [3.8, 4) is 22.6 Å². The fourth-order valence-electron chi connectivity index (χ4n) is 4.08. The summed E-state index contributed by atoms with van der Waals surface area (Å²) in [7, 11) is 1.62. The topological polar surface area (TPSA) is 51.9 Å². The van der Waals surface area contributed by atoms with E-state index in [1.165, 1.54) is 6.07 Å². The Morgan fingerprint density at radius 2 is 1.78 bits per heavy atom. The van der Waals surface area contributed by atoms with E-state index in [-0.39, 0.29) is 0 Å². The van der Waals surface area contributed by atoms with Gasteiger partial charge in [-0.05, 0) is 54.4 Å². The smallest absolute Gasteiger partial charge is 0.336 e. The minimum Gasteiger partial charge on any atom is -0.497 e. The van der Waals surface area contributed by atoms with Crippen molar-refractivity contribution < 1.29 is 13.9 Å². The van der Waals surface area contributed by atoms with Gasteiger partial charge in [-0.1, -0.05) is 35.3 Å². The van der Waals surface area contributed by atoms with Crippen LogP contribution in [0.4, 0.5) is 5.69 Å². The highest BCUT2D eigenvalue weighted by molar-refractivity contribution is 6.42. The molecular formula is C25H19Cl2NO4. The molecule has 5 nitrogen and oxygen atoms in total. The standard InChI is InChI=1S/C25H19Cl2NO4/c1-14-24-16(12-28(13-31-24)17-5-8-21(26)22(27)10-17)9-20-19(11-23(29)32-25(14)20)15-3-6-18(30-2)7-4-15/h3-11H,12-13H2,1-2H3. The largest absolute Gasteiger partial charge is 0.497 e. The zero-order chi connectivity index (χ0) is 22.4. The van der Waals surface area contributed by atoms with Gasteiger partial charge >= 0.3 is 5.63 Å². The molecule has 5 rings (SSSR count). The molecule has 0 unspecified atom stereocenters. The number of aryl methyl sites for hydroxylation is 1. The lowest BCUT2D eigenvalue weighted by atomic mass is 9.96. The number of hydrogen-bond donors (Lipinski definition) is 0. The Hall–Kier alpha value is -3.15. The van der Waals surface area contributed by atoms with Crippen molar-refractivity contribution in [1.82, 2.24) is 0 Å². The summed E-state index contributed by atoms with van der Waals surface area (Å²) in [6.45, 7) is 2.88. The van der Waals surface area contributed by atoms with Crippen molar-refractivity contribution in [3.05, 3.63) is 86.2 Å². The van der Waals surface area contributed by atoms with E-state index in [0.717, 1.165) is 44.8 Å². The quantitative estimate of drug-likeness (QED) is 0.324. The third-order valence-electron chi connectivity index (χ3n) is 5.69. The first-order valence-electron chi connectivity index (χ1n) is 10.0. The van der Waals surface area contributed by atoms with Crippen molar-refractivity contribution in [2.75, 3.05) is 18.7 Å². The average molecular weight is 468 g/mol. The number of methoxy groups -OCH3 is 1. The van der Waals surface area contributed by atoms with Gasteiger partial charge in [0.1, 0.15) is 17.1 Å². The highest BCUT2D eigenvalue weighted by atomic mass is 35.5. The van der Waals surface area contributed by atoms with Crippen LogP contribution in [-0.2, 0) is 6.54 Å². The molecular weight excluding hydrogens is 449 g/mol. The molecule has 0 bridgehead atoms. The van der Waals surface area contributed by atoms with Crippen LogP contribution in [0.1, 0.15) is 11.1 Å². The molecule has 3 aromatic carbocycles. The molecule has 0 amide bonds. The number of halogens is 2. The number of fused-ring (bicyclic) bond motifs is 2. The van der Waals surface area contributed by atoms with Gasteiger partial charge in [0.15, 0.2) is 6.73 Å². The second-order valence-corrected chi connectivity index (χ2v) is 8.46. The normalized spacial score (nSPS) is 13.1. The van der Waals surface area contributed by atoms with E-state index in [2.05, 4.69) is 4.90 Å². The molecule has 2 heterocycles. The third-order valence-corrected chi connectivity index (χ3v) is 6.43. The fourth-order valence-corrected chi connectivity index (χ4v) is 4.37. The van der Waals surface area contributed by atoms with Crippen LogP contribution in [0.2, 0.25) is 10.0 Å². The summed E-state index contributed by atoms with van der Waals surface area (Å²) in [5.74, 6) is 1.49. The number of rotatable bonds is 3. The summed E-state index contributed by atoms with van der Waals surface area (Å²) < 4.78 is 16.9. The van der Waals surface area contributed by atoms with Crippen molar-refractivity contribution in [2.45, 2.75) is 13.5 Å². The molecule has 0 saturated heterocycles. The molecule has 0 radical (unpaired) electrons. The van der Waals surface area contributed by atoms with E-state index in [9.17, 15) is 4.79 Å². The van der Waals surface area contributed by atoms with Crippen molar-refractivity contribution in [2.24, 2.45) is 0 Å². The SMILES string of the molecule is COc1ccc(-c2cc(=O)oc3c(C)c4c(cc23)CN(c2ccc(Cl)c(Cl)c2)CO4)cc1. The Labute approximate surface area is 194 Å². The van der Waals surface area contributed by atoms with Gasteiger partial charge in [0.2, 0.25) is 0 Å². The molecule has 1 aromatic heterocycles. The second-order valence-electron chi connectivity index (χ2n) is 7.64. The predicted molar refractivity (Wildman–Crippen MR) is 127 cm³/mol.